The summed E-state index contributed by atoms with van der Waals surface area (Å²) in [6, 6.07) is 6.59. The van der Waals surface area contributed by atoms with Crippen molar-refractivity contribution in [3.8, 4) is 5.75 Å². The van der Waals surface area contributed by atoms with E-state index in [0.717, 1.165) is 0 Å². The number of urea groups is 1. The molecule has 1 aromatic rings. The molecule has 0 aliphatic rings. The van der Waals surface area contributed by atoms with Gasteiger partial charge in [-0.2, -0.15) is 0 Å². The van der Waals surface area contributed by atoms with Crippen LogP contribution in [-0.4, -0.2) is 19.3 Å². The van der Waals surface area contributed by atoms with Crippen molar-refractivity contribution in [2.75, 3.05) is 13.3 Å². The second kappa shape index (κ2) is 6.74. The van der Waals surface area contributed by atoms with Gasteiger partial charge in [0.05, 0.1) is 0 Å². The van der Waals surface area contributed by atoms with E-state index < -0.39 is 0 Å². The van der Waals surface area contributed by atoms with Crippen LogP contribution in [0.2, 0.25) is 5.02 Å². The molecule has 0 spiro atoms. The van der Waals surface area contributed by atoms with Gasteiger partial charge in [0.15, 0.2) is 6.73 Å². The number of amides is 2. The van der Waals surface area contributed by atoms with Crippen molar-refractivity contribution in [2.24, 2.45) is 0 Å². The van der Waals surface area contributed by atoms with Crippen molar-refractivity contribution in [3.05, 3.63) is 41.9 Å². The van der Waals surface area contributed by atoms with Crippen LogP contribution in [0.3, 0.4) is 0 Å². The summed E-state index contributed by atoms with van der Waals surface area (Å²) in [5.74, 6) is 0.647. The summed E-state index contributed by atoms with van der Waals surface area (Å²) in [4.78, 5) is 11.1. The highest BCUT2D eigenvalue weighted by molar-refractivity contribution is 6.30. The van der Waals surface area contributed by atoms with Crippen molar-refractivity contribution in [1.29, 1.82) is 0 Å². The Kier molecular flexibility index (Phi) is 5.22. The first-order valence-corrected chi connectivity index (χ1v) is 5.11. The largest absolute Gasteiger partial charge is 0.473 e. The Hall–Kier alpha value is -1.68. The molecule has 0 fully saturated rings. The van der Waals surface area contributed by atoms with Gasteiger partial charge in [0.1, 0.15) is 5.75 Å². The fourth-order valence-corrected chi connectivity index (χ4v) is 1.07. The molecule has 0 atom stereocenters. The van der Waals surface area contributed by atoms with Crippen molar-refractivity contribution in [1.82, 2.24) is 10.6 Å². The summed E-state index contributed by atoms with van der Waals surface area (Å²) in [7, 11) is 0. The van der Waals surface area contributed by atoms with Crippen molar-refractivity contribution in [3.63, 3.8) is 0 Å². The van der Waals surface area contributed by atoms with Crippen LogP contribution in [-0.2, 0) is 0 Å². The van der Waals surface area contributed by atoms with Gasteiger partial charge in [-0.15, -0.1) is 6.58 Å². The molecule has 1 aromatic carbocycles. The molecule has 0 aliphatic carbocycles. The van der Waals surface area contributed by atoms with E-state index in [0.29, 0.717) is 17.3 Å². The molecule has 0 bridgehead atoms. The van der Waals surface area contributed by atoms with E-state index in [1.165, 1.54) is 0 Å². The van der Waals surface area contributed by atoms with Crippen molar-refractivity contribution < 1.29 is 9.53 Å². The molecule has 16 heavy (non-hydrogen) atoms. The molecule has 1 rings (SSSR count). The molecule has 0 unspecified atom stereocenters. The summed E-state index contributed by atoms with van der Waals surface area (Å²) >= 11 is 5.71. The molecule has 0 heterocycles. The van der Waals surface area contributed by atoms with Gasteiger partial charge >= 0.3 is 6.03 Å². The Bertz CT molecular complexity index is 352. The third-order valence-electron chi connectivity index (χ3n) is 1.69. The molecule has 86 valence electrons. The third-order valence-corrected chi connectivity index (χ3v) is 1.94. The maximum absolute atomic E-state index is 11.1. The van der Waals surface area contributed by atoms with Gasteiger partial charge in [-0.25, -0.2) is 4.79 Å². The van der Waals surface area contributed by atoms with E-state index in [-0.39, 0.29) is 12.8 Å². The number of carbonyl (C=O) groups excluding carboxylic acids is 1. The highest BCUT2D eigenvalue weighted by Crippen LogP contribution is 2.14. The van der Waals surface area contributed by atoms with Gasteiger partial charge in [-0.1, -0.05) is 17.7 Å². The Morgan fingerprint density at radius 1 is 1.38 bits per heavy atom. The topological polar surface area (TPSA) is 50.4 Å². The lowest BCUT2D eigenvalue weighted by Gasteiger charge is -2.08. The number of hydrogen-bond acceptors (Lipinski definition) is 2. The van der Waals surface area contributed by atoms with Crippen molar-refractivity contribution >= 4 is 17.6 Å². The van der Waals surface area contributed by atoms with E-state index >= 15 is 0 Å². The molecule has 0 radical (unpaired) electrons. The standard InChI is InChI=1S/C11H13ClN2O2/c1-2-7-13-11(15)14-8-16-10-5-3-9(12)4-6-10/h2-6H,1,7-8H2,(H2,13,14,15). The fraction of sp³-hybridized carbons (Fsp3) is 0.182. The molecular formula is C11H13ClN2O2. The SMILES string of the molecule is C=CCNC(=O)NCOc1ccc(Cl)cc1. The lowest BCUT2D eigenvalue weighted by Crippen LogP contribution is -2.37. The highest BCUT2D eigenvalue weighted by Gasteiger charge is 1.97. The maximum Gasteiger partial charge on any atom is 0.317 e. The van der Waals surface area contributed by atoms with Gasteiger partial charge in [-0.05, 0) is 24.3 Å². The molecule has 0 aliphatic heterocycles. The average molecular weight is 241 g/mol. The van der Waals surface area contributed by atoms with Gasteiger partial charge in [0, 0.05) is 11.6 Å². The smallest absolute Gasteiger partial charge is 0.317 e. The predicted octanol–water partition coefficient (Wildman–Crippen LogP) is 2.16. The van der Waals surface area contributed by atoms with E-state index in [1.54, 1.807) is 30.3 Å². The number of rotatable bonds is 5. The lowest BCUT2D eigenvalue weighted by atomic mass is 10.3. The molecule has 5 heteroatoms. The van der Waals surface area contributed by atoms with Gasteiger partial charge in [-0.3, -0.25) is 0 Å². The van der Waals surface area contributed by atoms with E-state index in [9.17, 15) is 4.79 Å². The zero-order valence-electron chi connectivity index (χ0n) is 8.70. The molecule has 4 nitrogen and oxygen atoms in total. The number of halogens is 1. The van der Waals surface area contributed by atoms with Crippen LogP contribution in [0.1, 0.15) is 0 Å². The first-order chi connectivity index (χ1) is 7.72. The van der Waals surface area contributed by atoms with E-state index in [4.69, 9.17) is 16.3 Å². The second-order valence-corrected chi connectivity index (χ2v) is 3.35. The van der Waals surface area contributed by atoms with Crippen LogP contribution in [0.25, 0.3) is 0 Å². The van der Waals surface area contributed by atoms with Crippen LogP contribution in [0.15, 0.2) is 36.9 Å². The monoisotopic (exact) mass is 240 g/mol. The van der Waals surface area contributed by atoms with Gasteiger partial charge in [0.2, 0.25) is 0 Å². The van der Waals surface area contributed by atoms with Crippen molar-refractivity contribution in [2.45, 2.75) is 0 Å². The first kappa shape index (κ1) is 12.4. The summed E-state index contributed by atoms with van der Waals surface area (Å²) < 4.78 is 5.26. The van der Waals surface area contributed by atoms with Gasteiger partial charge in [0.25, 0.3) is 0 Å². The number of ether oxygens (including phenoxy) is 1. The highest BCUT2D eigenvalue weighted by atomic mass is 35.5. The van der Waals surface area contributed by atoms with Crippen LogP contribution >= 0.6 is 11.6 Å². The second-order valence-electron chi connectivity index (χ2n) is 2.92. The van der Waals surface area contributed by atoms with Gasteiger partial charge < -0.3 is 15.4 Å². The van der Waals surface area contributed by atoms with E-state index in [1.807, 2.05) is 0 Å². The van der Waals surface area contributed by atoms with Crippen LogP contribution in [0.4, 0.5) is 4.79 Å². The Morgan fingerprint density at radius 3 is 2.69 bits per heavy atom. The fourth-order valence-electron chi connectivity index (χ4n) is 0.943. The molecule has 2 amide bonds. The maximum atomic E-state index is 11.1. The van der Waals surface area contributed by atoms with Crippen LogP contribution < -0.4 is 15.4 Å². The minimum absolute atomic E-state index is 0.102. The lowest BCUT2D eigenvalue weighted by molar-refractivity contribution is 0.225. The summed E-state index contributed by atoms with van der Waals surface area (Å²) in [5, 5.41) is 5.73. The Labute approximate surface area is 99.2 Å². The Morgan fingerprint density at radius 2 is 2.06 bits per heavy atom. The third kappa shape index (κ3) is 4.70. The number of benzene rings is 1. The Balaban J connectivity index is 2.22. The zero-order chi connectivity index (χ0) is 11.8. The quantitative estimate of drug-likeness (QED) is 0.612. The molecule has 0 saturated heterocycles. The number of hydrogen-bond donors (Lipinski definition) is 2. The molecule has 2 N–H and O–H groups in total. The summed E-state index contributed by atoms with van der Waals surface area (Å²) in [6.07, 6.45) is 1.60. The molecule has 0 saturated carbocycles. The van der Waals surface area contributed by atoms with Crippen LogP contribution in [0, 0.1) is 0 Å². The summed E-state index contributed by atoms with van der Waals surface area (Å²) in [6.45, 7) is 4.01. The summed E-state index contributed by atoms with van der Waals surface area (Å²) in [5.41, 5.74) is 0. The van der Waals surface area contributed by atoms with E-state index in [2.05, 4.69) is 17.2 Å². The number of nitrogens with one attached hydrogen (secondary N) is 2. The number of carbonyl (C=O) groups is 1. The minimum atomic E-state index is -0.297. The minimum Gasteiger partial charge on any atom is -0.473 e. The first-order valence-electron chi connectivity index (χ1n) is 4.73. The average Bonchev–Trinajstić information content (AvgIpc) is 2.29. The predicted molar refractivity (Wildman–Crippen MR) is 63.7 cm³/mol. The van der Waals surface area contributed by atoms with Crippen LogP contribution in [0.5, 0.6) is 5.75 Å². The normalized spacial score (nSPS) is 9.31. The zero-order valence-corrected chi connectivity index (χ0v) is 9.46. The molecule has 0 aromatic heterocycles. The molecular weight excluding hydrogens is 228 g/mol.